The third-order valence-electron chi connectivity index (χ3n) is 6.19. The molecule has 0 aliphatic heterocycles. The van der Waals surface area contributed by atoms with Gasteiger partial charge in [0, 0.05) is 17.6 Å². The molecule has 0 bridgehead atoms. The normalized spacial score (nSPS) is 11.9. The molecule has 0 fully saturated rings. The van der Waals surface area contributed by atoms with E-state index in [1.165, 1.54) is 17.0 Å². The highest BCUT2D eigenvalue weighted by molar-refractivity contribution is 9.10. The van der Waals surface area contributed by atoms with E-state index in [2.05, 4.69) is 21.2 Å². The van der Waals surface area contributed by atoms with E-state index in [1.54, 1.807) is 68.6 Å². The number of nitrogens with zero attached hydrogens (tertiary/aromatic N) is 2. The van der Waals surface area contributed by atoms with Gasteiger partial charge in [0.25, 0.3) is 10.0 Å². The van der Waals surface area contributed by atoms with E-state index in [0.717, 1.165) is 21.9 Å². The van der Waals surface area contributed by atoms with E-state index in [1.807, 2.05) is 19.9 Å². The fraction of sp³-hybridized carbons (Fsp3) is 0.310. The number of benzene rings is 3. The highest BCUT2D eigenvalue weighted by Gasteiger charge is 2.32. The van der Waals surface area contributed by atoms with Crippen molar-refractivity contribution in [2.45, 2.75) is 44.7 Å². The van der Waals surface area contributed by atoms with Gasteiger partial charge in [-0.2, -0.15) is 0 Å². The van der Waals surface area contributed by atoms with Crippen molar-refractivity contribution in [1.29, 1.82) is 0 Å². The van der Waals surface area contributed by atoms with Crippen LogP contribution < -0.4 is 14.4 Å². The summed E-state index contributed by atoms with van der Waals surface area (Å²) in [6.07, 6.45) is 0.744. The Morgan fingerprint density at radius 2 is 1.72 bits per heavy atom. The summed E-state index contributed by atoms with van der Waals surface area (Å²) in [5.74, 6) is -0.225. The lowest BCUT2D eigenvalue weighted by Gasteiger charge is -2.32. The summed E-state index contributed by atoms with van der Waals surface area (Å²) in [5.41, 5.74) is 1.98. The Hall–Kier alpha value is -3.37. The Morgan fingerprint density at radius 1 is 1.03 bits per heavy atom. The Balaban J connectivity index is 2.02. The zero-order valence-corrected chi connectivity index (χ0v) is 25.0. The summed E-state index contributed by atoms with van der Waals surface area (Å²) in [4.78, 5) is 28.3. The van der Waals surface area contributed by atoms with Gasteiger partial charge in [0.05, 0.1) is 17.7 Å². The predicted octanol–water partition coefficient (Wildman–Crippen LogP) is 4.90. The maximum Gasteiger partial charge on any atom is 0.264 e. The van der Waals surface area contributed by atoms with Gasteiger partial charge in [-0.3, -0.25) is 13.9 Å². The molecule has 0 aliphatic rings. The number of aryl methyl sites for hydroxylation is 1. The molecule has 1 N–H and O–H groups in total. The first-order valence-corrected chi connectivity index (χ1v) is 14.8. The van der Waals surface area contributed by atoms with E-state index < -0.39 is 28.5 Å². The van der Waals surface area contributed by atoms with Gasteiger partial charge >= 0.3 is 0 Å². The minimum atomic E-state index is -4.12. The molecule has 8 nitrogen and oxygen atoms in total. The monoisotopic (exact) mass is 615 g/mol. The third-order valence-corrected chi connectivity index (χ3v) is 8.47. The second-order valence-corrected chi connectivity index (χ2v) is 11.9. The number of halogens is 1. The molecule has 10 heteroatoms. The molecule has 3 aromatic carbocycles. The van der Waals surface area contributed by atoms with E-state index in [9.17, 15) is 18.0 Å². The van der Waals surface area contributed by atoms with Crippen LogP contribution in [0.4, 0.5) is 5.69 Å². The summed E-state index contributed by atoms with van der Waals surface area (Å²) >= 11 is 3.40. The van der Waals surface area contributed by atoms with Crippen LogP contribution in [0.2, 0.25) is 0 Å². The number of amides is 2. The molecule has 0 unspecified atom stereocenters. The summed E-state index contributed by atoms with van der Waals surface area (Å²) < 4.78 is 34.8. The van der Waals surface area contributed by atoms with E-state index in [-0.39, 0.29) is 17.3 Å². The number of carbonyl (C=O) groups excluding carboxylic acids is 2. The second-order valence-electron chi connectivity index (χ2n) is 9.14. The molecule has 3 rings (SSSR count). The predicted molar refractivity (Wildman–Crippen MR) is 156 cm³/mol. The topological polar surface area (TPSA) is 96.0 Å². The number of ether oxygens (including phenoxy) is 1. The maximum atomic E-state index is 13.9. The Labute approximate surface area is 239 Å². The molecular weight excluding hydrogens is 582 g/mol. The number of nitrogens with one attached hydrogen (secondary N) is 1. The lowest BCUT2D eigenvalue weighted by molar-refractivity contribution is -0.139. The van der Waals surface area contributed by atoms with Crippen molar-refractivity contribution in [3.8, 4) is 5.75 Å². The quantitative estimate of drug-likeness (QED) is 0.312. The van der Waals surface area contributed by atoms with Gasteiger partial charge < -0.3 is 15.0 Å². The van der Waals surface area contributed by atoms with Crippen molar-refractivity contribution in [1.82, 2.24) is 10.2 Å². The van der Waals surface area contributed by atoms with Gasteiger partial charge in [-0.05, 0) is 68.3 Å². The number of hydrogen-bond acceptors (Lipinski definition) is 5. The van der Waals surface area contributed by atoms with Gasteiger partial charge in [-0.25, -0.2) is 8.42 Å². The Kier molecular flexibility index (Phi) is 10.5. The minimum Gasteiger partial charge on any atom is -0.497 e. The number of methoxy groups -OCH3 is 1. The van der Waals surface area contributed by atoms with Crippen LogP contribution >= 0.6 is 15.9 Å². The largest absolute Gasteiger partial charge is 0.497 e. The summed E-state index contributed by atoms with van der Waals surface area (Å²) in [6, 6.07) is 19.6. The second kappa shape index (κ2) is 13.6. The van der Waals surface area contributed by atoms with Gasteiger partial charge in [-0.15, -0.1) is 0 Å². The first-order valence-electron chi connectivity index (χ1n) is 12.6. The zero-order valence-electron chi connectivity index (χ0n) is 22.6. The standard InChI is InChI=1S/C29H34BrN3O5S/c1-5-16-31-29(35)22(3)32(19-23-8-6-11-26(17-23)38-4)28(34)20-33(25-10-7-9-24(30)18-25)39(36,37)27-14-12-21(2)13-15-27/h6-15,17-18,22H,5,16,19-20H2,1-4H3,(H,31,35)/t22-/m0/s1. The zero-order chi connectivity index (χ0) is 28.6. The van der Waals surface area contributed by atoms with E-state index >= 15 is 0 Å². The third kappa shape index (κ3) is 7.83. The van der Waals surface area contributed by atoms with Crippen molar-refractivity contribution in [3.63, 3.8) is 0 Å². The fourth-order valence-electron chi connectivity index (χ4n) is 3.94. The van der Waals surface area contributed by atoms with Crippen molar-refractivity contribution in [3.05, 3.63) is 88.4 Å². The van der Waals surface area contributed by atoms with Gasteiger partial charge in [0.2, 0.25) is 11.8 Å². The van der Waals surface area contributed by atoms with Crippen molar-refractivity contribution < 1.29 is 22.7 Å². The molecule has 39 heavy (non-hydrogen) atoms. The summed E-state index contributed by atoms with van der Waals surface area (Å²) in [6.45, 7) is 5.51. The first kappa shape index (κ1) is 30.2. The molecule has 0 aliphatic carbocycles. The molecule has 0 radical (unpaired) electrons. The number of hydrogen-bond donors (Lipinski definition) is 1. The molecule has 0 spiro atoms. The fourth-order valence-corrected chi connectivity index (χ4v) is 5.74. The Morgan fingerprint density at radius 3 is 2.36 bits per heavy atom. The molecule has 2 amide bonds. The molecule has 0 saturated carbocycles. The summed E-state index contributed by atoms with van der Waals surface area (Å²) in [5, 5.41) is 2.83. The summed E-state index contributed by atoms with van der Waals surface area (Å²) in [7, 11) is -2.57. The van der Waals surface area contributed by atoms with Crippen LogP contribution in [0.25, 0.3) is 0 Å². The van der Waals surface area contributed by atoms with Crippen LogP contribution in [0.3, 0.4) is 0 Å². The van der Waals surface area contributed by atoms with Crippen LogP contribution in [0.15, 0.2) is 82.2 Å². The van der Waals surface area contributed by atoms with Gasteiger partial charge in [0.15, 0.2) is 0 Å². The van der Waals surface area contributed by atoms with Crippen LogP contribution in [0, 0.1) is 6.92 Å². The highest BCUT2D eigenvalue weighted by atomic mass is 79.9. The maximum absolute atomic E-state index is 13.9. The number of rotatable bonds is 12. The minimum absolute atomic E-state index is 0.0639. The smallest absolute Gasteiger partial charge is 0.264 e. The molecular formula is C29H34BrN3O5S. The SMILES string of the molecule is CCCNC(=O)[C@H](C)N(Cc1cccc(OC)c1)C(=O)CN(c1cccc(Br)c1)S(=O)(=O)c1ccc(C)cc1. The lowest BCUT2D eigenvalue weighted by atomic mass is 10.1. The molecule has 0 aromatic heterocycles. The molecule has 0 saturated heterocycles. The molecule has 3 aromatic rings. The van der Waals surface area contributed by atoms with Crippen molar-refractivity contribution in [2.75, 3.05) is 24.5 Å². The van der Waals surface area contributed by atoms with Crippen molar-refractivity contribution in [2.24, 2.45) is 0 Å². The van der Waals surface area contributed by atoms with Crippen LogP contribution in [0.1, 0.15) is 31.4 Å². The van der Waals surface area contributed by atoms with E-state index in [4.69, 9.17) is 4.74 Å². The molecule has 1 atom stereocenters. The number of anilines is 1. The average Bonchev–Trinajstić information content (AvgIpc) is 2.93. The number of carbonyl (C=O) groups is 2. The van der Waals surface area contributed by atoms with Crippen LogP contribution in [-0.2, 0) is 26.2 Å². The number of sulfonamides is 1. The van der Waals surface area contributed by atoms with Crippen molar-refractivity contribution >= 4 is 43.5 Å². The lowest BCUT2D eigenvalue weighted by Crippen LogP contribution is -2.51. The Bertz CT molecular complexity index is 1400. The van der Waals surface area contributed by atoms with E-state index in [0.29, 0.717) is 22.5 Å². The molecule has 208 valence electrons. The van der Waals surface area contributed by atoms with Crippen LogP contribution in [0.5, 0.6) is 5.75 Å². The van der Waals surface area contributed by atoms with Gasteiger partial charge in [-0.1, -0.05) is 58.7 Å². The first-order chi connectivity index (χ1) is 18.6. The molecule has 0 heterocycles. The highest BCUT2D eigenvalue weighted by Crippen LogP contribution is 2.27. The average molecular weight is 617 g/mol. The van der Waals surface area contributed by atoms with Gasteiger partial charge in [0.1, 0.15) is 18.3 Å². The van der Waals surface area contributed by atoms with Crippen LogP contribution in [-0.4, -0.2) is 51.4 Å².